The van der Waals surface area contributed by atoms with Gasteiger partial charge in [0.25, 0.3) is 0 Å². The molecule has 18 heavy (non-hydrogen) atoms. The van der Waals surface area contributed by atoms with Crippen molar-refractivity contribution in [2.24, 2.45) is 0 Å². The number of imidazole rings is 1. The Morgan fingerprint density at radius 1 is 1.50 bits per heavy atom. The summed E-state index contributed by atoms with van der Waals surface area (Å²) in [6, 6.07) is -0.722. The molecule has 0 aliphatic heterocycles. The van der Waals surface area contributed by atoms with Gasteiger partial charge in [-0.05, 0) is 0 Å². The number of carbonyl (C=O) groups is 2. The van der Waals surface area contributed by atoms with Crippen LogP contribution in [0.15, 0.2) is 12.5 Å². The molecular weight excluding hydrogens is 238 g/mol. The number of aromatic amines is 1. The molecule has 0 bridgehead atoms. The number of aromatic nitrogens is 2. The normalized spacial score (nSPS) is 11.9. The van der Waals surface area contributed by atoms with Crippen molar-refractivity contribution >= 4 is 11.9 Å². The molecule has 0 aliphatic carbocycles. The minimum absolute atomic E-state index is 0.201. The van der Waals surface area contributed by atoms with E-state index in [0.717, 1.165) is 5.69 Å². The van der Waals surface area contributed by atoms with Crippen molar-refractivity contribution in [2.75, 3.05) is 20.8 Å². The third kappa shape index (κ3) is 4.54. The summed E-state index contributed by atoms with van der Waals surface area (Å²) in [4.78, 5) is 29.8. The predicted molar refractivity (Wildman–Crippen MR) is 62.7 cm³/mol. The van der Waals surface area contributed by atoms with E-state index in [1.165, 1.54) is 20.5 Å². The minimum atomic E-state index is -0.722. The standard InChI is InChI=1S/C11H17N3O4/c1-17-4-3-10(15)14-9(11(16)18-2)5-8-6-12-7-13-8/h6-7,9H,3-5H2,1-2H3,(H,12,13)(H,14,15)/t9-/m0/s1. The molecule has 1 aromatic rings. The molecule has 0 fully saturated rings. The first kappa shape index (κ1) is 14.2. The summed E-state index contributed by atoms with van der Waals surface area (Å²) >= 11 is 0. The summed E-state index contributed by atoms with van der Waals surface area (Å²) in [6.45, 7) is 0.309. The number of ether oxygens (including phenoxy) is 2. The number of rotatable bonds is 7. The summed E-state index contributed by atoms with van der Waals surface area (Å²) in [6.07, 6.45) is 3.62. The second-order valence-electron chi connectivity index (χ2n) is 3.67. The lowest BCUT2D eigenvalue weighted by Gasteiger charge is -2.15. The maximum absolute atomic E-state index is 11.5. The van der Waals surface area contributed by atoms with Crippen LogP contribution in [0.2, 0.25) is 0 Å². The van der Waals surface area contributed by atoms with Crippen molar-refractivity contribution < 1.29 is 19.1 Å². The average Bonchev–Trinajstić information content (AvgIpc) is 2.87. The van der Waals surface area contributed by atoms with E-state index in [0.29, 0.717) is 13.0 Å². The van der Waals surface area contributed by atoms with Crippen LogP contribution in [0.1, 0.15) is 12.1 Å². The molecule has 1 aromatic heterocycles. The smallest absolute Gasteiger partial charge is 0.328 e. The first-order valence-electron chi connectivity index (χ1n) is 5.50. The molecule has 100 valence electrons. The van der Waals surface area contributed by atoms with Gasteiger partial charge in [-0.3, -0.25) is 4.79 Å². The number of H-pyrrole nitrogens is 1. The molecule has 2 N–H and O–H groups in total. The lowest BCUT2D eigenvalue weighted by Crippen LogP contribution is -2.43. The van der Waals surface area contributed by atoms with Crippen LogP contribution in [0.5, 0.6) is 0 Å². The zero-order valence-corrected chi connectivity index (χ0v) is 10.4. The number of esters is 1. The van der Waals surface area contributed by atoms with Crippen molar-refractivity contribution in [3.05, 3.63) is 18.2 Å². The van der Waals surface area contributed by atoms with Crippen LogP contribution in [0.25, 0.3) is 0 Å². The number of carbonyl (C=O) groups excluding carboxylic acids is 2. The van der Waals surface area contributed by atoms with Gasteiger partial charge in [-0.2, -0.15) is 0 Å². The van der Waals surface area contributed by atoms with Crippen molar-refractivity contribution in [1.82, 2.24) is 15.3 Å². The van der Waals surface area contributed by atoms with Gasteiger partial charge in [-0.15, -0.1) is 0 Å². The van der Waals surface area contributed by atoms with Crippen LogP contribution >= 0.6 is 0 Å². The topological polar surface area (TPSA) is 93.3 Å². The van der Waals surface area contributed by atoms with E-state index in [-0.39, 0.29) is 12.3 Å². The molecule has 0 saturated carbocycles. The van der Waals surface area contributed by atoms with Crippen LogP contribution in [0.3, 0.4) is 0 Å². The molecule has 1 heterocycles. The molecule has 0 aliphatic rings. The van der Waals surface area contributed by atoms with Crippen molar-refractivity contribution in [3.8, 4) is 0 Å². The highest BCUT2D eigenvalue weighted by atomic mass is 16.5. The monoisotopic (exact) mass is 255 g/mol. The second-order valence-corrected chi connectivity index (χ2v) is 3.67. The Morgan fingerprint density at radius 3 is 2.83 bits per heavy atom. The number of hydrogen-bond donors (Lipinski definition) is 2. The van der Waals surface area contributed by atoms with Gasteiger partial charge in [0, 0.05) is 31.8 Å². The molecule has 0 radical (unpaired) electrons. The van der Waals surface area contributed by atoms with Gasteiger partial charge >= 0.3 is 5.97 Å². The fraction of sp³-hybridized carbons (Fsp3) is 0.545. The number of hydrogen-bond acceptors (Lipinski definition) is 5. The van der Waals surface area contributed by atoms with E-state index in [4.69, 9.17) is 4.74 Å². The van der Waals surface area contributed by atoms with Crippen LogP contribution in [-0.2, 0) is 25.5 Å². The van der Waals surface area contributed by atoms with Crippen molar-refractivity contribution in [2.45, 2.75) is 18.9 Å². The van der Waals surface area contributed by atoms with Crippen molar-refractivity contribution in [1.29, 1.82) is 0 Å². The highest BCUT2D eigenvalue weighted by molar-refractivity contribution is 5.84. The summed E-state index contributed by atoms with van der Waals surface area (Å²) in [7, 11) is 2.79. The molecule has 0 aromatic carbocycles. The molecule has 7 nitrogen and oxygen atoms in total. The Bertz CT molecular complexity index is 378. The van der Waals surface area contributed by atoms with Crippen LogP contribution in [-0.4, -0.2) is 48.7 Å². The van der Waals surface area contributed by atoms with E-state index < -0.39 is 12.0 Å². The Morgan fingerprint density at radius 2 is 2.28 bits per heavy atom. The van der Waals surface area contributed by atoms with Gasteiger partial charge in [0.2, 0.25) is 5.91 Å². The Labute approximate surface area is 105 Å². The first-order valence-corrected chi connectivity index (χ1v) is 5.50. The van der Waals surface area contributed by atoms with Gasteiger partial charge in [-0.1, -0.05) is 0 Å². The molecule has 0 spiro atoms. The molecule has 1 atom stereocenters. The van der Waals surface area contributed by atoms with Crippen LogP contribution in [0, 0.1) is 0 Å². The van der Waals surface area contributed by atoms with Crippen molar-refractivity contribution in [3.63, 3.8) is 0 Å². The first-order chi connectivity index (χ1) is 8.67. The van der Waals surface area contributed by atoms with E-state index in [1.54, 1.807) is 6.20 Å². The third-order valence-electron chi connectivity index (χ3n) is 2.33. The fourth-order valence-corrected chi connectivity index (χ4v) is 1.41. The second kappa shape index (κ2) is 7.44. The molecule has 1 amide bonds. The maximum Gasteiger partial charge on any atom is 0.328 e. The average molecular weight is 255 g/mol. The molecule has 1 rings (SSSR count). The zero-order chi connectivity index (χ0) is 13.4. The Hall–Kier alpha value is -1.89. The van der Waals surface area contributed by atoms with E-state index >= 15 is 0 Å². The molecule has 0 saturated heterocycles. The largest absolute Gasteiger partial charge is 0.467 e. The minimum Gasteiger partial charge on any atom is -0.467 e. The highest BCUT2D eigenvalue weighted by Crippen LogP contribution is 2.01. The SMILES string of the molecule is COCCC(=O)N[C@@H](Cc1cnc[nH]1)C(=O)OC. The lowest BCUT2D eigenvalue weighted by atomic mass is 10.1. The Balaban J connectivity index is 2.55. The fourth-order valence-electron chi connectivity index (χ4n) is 1.41. The molecule has 0 unspecified atom stereocenters. The molecular formula is C11H17N3O4. The summed E-state index contributed by atoms with van der Waals surface area (Å²) in [5.41, 5.74) is 0.748. The predicted octanol–water partition coefficient (Wildman–Crippen LogP) is -0.353. The van der Waals surface area contributed by atoms with E-state index in [2.05, 4.69) is 20.0 Å². The Kier molecular flexibility index (Phi) is 5.86. The highest BCUT2D eigenvalue weighted by Gasteiger charge is 2.22. The molecule has 7 heteroatoms. The lowest BCUT2D eigenvalue weighted by molar-refractivity contribution is -0.145. The van der Waals surface area contributed by atoms with E-state index in [9.17, 15) is 9.59 Å². The van der Waals surface area contributed by atoms with Gasteiger partial charge < -0.3 is 19.8 Å². The van der Waals surface area contributed by atoms with Gasteiger partial charge in [0.05, 0.1) is 20.0 Å². The summed E-state index contributed by atoms with van der Waals surface area (Å²) in [5.74, 6) is -0.748. The number of amides is 1. The quantitative estimate of drug-likeness (QED) is 0.649. The van der Waals surface area contributed by atoms with Gasteiger partial charge in [-0.25, -0.2) is 9.78 Å². The third-order valence-corrected chi connectivity index (χ3v) is 2.33. The van der Waals surface area contributed by atoms with E-state index in [1.807, 2.05) is 0 Å². The van der Waals surface area contributed by atoms with Gasteiger partial charge in [0.15, 0.2) is 0 Å². The number of nitrogens with one attached hydrogen (secondary N) is 2. The number of nitrogens with zero attached hydrogens (tertiary/aromatic N) is 1. The van der Waals surface area contributed by atoms with Crippen LogP contribution < -0.4 is 5.32 Å². The van der Waals surface area contributed by atoms with Gasteiger partial charge in [0.1, 0.15) is 6.04 Å². The van der Waals surface area contributed by atoms with Crippen LogP contribution in [0.4, 0.5) is 0 Å². The number of methoxy groups -OCH3 is 2. The maximum atomic E-state index is 11.5. The zero-order valence-electron chi connectivity index (χ0n) is 10.4. The summed E-state index contributed by atoms with van der Waals surface area (Å²) < 4.78 is 9.44. The summed E-state index contributed by atoms with van der Waals surface area (Å²) in [5, 5.41) is 2.60.